The number of nitrogens with zero attached hydrogens (tertiary/aromatic N) is 5. The smallest absolute Gasteiger partial charge is 0.340 e. The number of alkyl halides is 3. The third kappa shape index (κ3) is 4.40. The number of aryl methyl sites for hydroxylation is 2. The van der Waals surface area contributed by atoms with Crippen LogP contribution < -0.4 is 0 Å². The molecule has 0 unspecified atom stereocenters. The van der Waals surface area contributed by atoms with Gasteiger partial charge in [-0.2, -0.15) is 23.4 Å². The van der Waals surface area contributed by atoms with Crippen LogP contribution in [0, 0.1) is 12.8 Å². The normalized spacial score (nSPS) is 13.1. The maximum atomic E-state index is 12.7. The summed E-state index contributed by atoms with van der Waals surface area (Å²) in [5.41, 5.74) is 0.337. The molecule has 0 aromatic carbocycles. The van der Waals surface area contributed by atoms with Crippen molar-refractivity contribution >= 4 is 5.91 Å². The number of rotatable bonds is 6. The van der Waals surface area contributed by atoms with Crippen LogP contribution in [0.2, 0.25) is 0 Å². The number of hydrogen-bond donors (Lipinski definition) is 0. The topological polar surface area (TPSA) is 56.0 Å². The standard InChI is InChI=1S/C16H22F3N5O/c1-5-23-13(6-7-20-23)10-22(4)15(25)11(2)9-24-12(3)8-14(21-24)16(17,18)19/h6-8,11H,5,9-10H2,1-4H3/t11-/m1/s1. The lowest BCUT2D eigenvalue weighted by molar-refractivity contribution is -0.141. The molecule has 6 nitrogen and oxygen atoms in total. The fourth-order valence-electron chi connectivity index (χ4n) is 2.65. The highest BCUT2D eigenvalue weighted by Crippen LogP contribution is 2.28. The molecule has 2 rings (SSSR count). The third-order valence-electron chi connectivity index (χ3n) is 4.02. The van der Waals surface area contributed by atoms with E-state index in [1.165, 1.54) is 4.68 Å². The molecule has 0 saturated heterocycles. The van der Waals surface area contributed by atoms with E-state index in [-0.39, 0.29) is 12.5 Å². The van der Waals surface area contributed by atoms with E-state index in [1.54, 1.807) is 36.7 Å². The molecule has 0 N–H and O–H groups in total. The Kier molecular flexibility index (Phi) is 5.54. The van der Waals surface area contributed by atoms with Crippen LogP contribution in [0.25, 0.3) is 0 Å². The van der Waals surface area contributed by atoms with Gasteiger partial charge in [-0.05, 0) is 26.0 Å². The van der Waals surface area contributed by atoms with Crippen LogP contribution in [0.5, 0.6) is 0 Å². The molecule has 2 aromatic heterocycles. The molecule has 0 aliphatic carbocycles. The third-order valence-corrected chi connectivity index (χ3v) is 4.02. The van der Waals surface area contributed by atoms with Gasteiger partial charge in [0.2, 0.25) is 5.91 Å². The minimum Gasteiger partial charge on any atom is -0.340 e. The Morgan fingerprint density at radius 2 is 2.04 bits per heavy atom. The van der Waals surface area contributed by atoms with Crippen LogP contribution in [0.15, 0.2) is 18.3 Å². The van der Waals surface area contributed by atoms with E-state index in [0.29, 0.717) is 18.8 Å². The minimum atomic E-state index is -4.49. The van der Waals surface area contributed by atoms with Gasteiger partial charge < -0.3 is 4.90 Å². The summed E-state index contributed by atoms with van der Waals surface area (Å²) >= 11 is 0. The molecule has 2 heterocycles. The van der Waals surface area contributed by atoms with Crippen LogP contribution in [0.1, 0.15) is 30.9 Å². The van der Waals surface area contributed by atoms with Gasteiger partial charge in [-0.15, -0.1) is 0 Å². The van der Waals surface area contributed by atoms with E-state index in [2.05, 4.69) is 10.2 Å². The molecule has 25 heavy (non-hydrogen) atoms. The molecule has 1 atom stereocenters. The lowest BCUT2D eigenvalue weighted by Gasteiger charge is -2.22. The molecule has 0 aliphatic rings. The van der Waals surface area contributed by atoms with Crippen molar-refractivity contribution in [3.8, 4) is 0 Å². The van der Waals surface area contributed by atoms with E-state index >= 15 is 0 Å². The van der Waals surface area contributed by atoms with Gasteiger partial charge in [0.05, 0.1) is 24.7 Å². The maximum Gasteiger partial charge on any atom is 0.435 e. The van der Waals surface area contributed by atoms with Crippen LogP contribution >= 0.6 is 0 Å². The maximum absolute atomic E-state index is 12.7. The summed E-state index contributed by atoms with van der Waals surface area (Å²) in [5, 5.41) is 7.73. The molecule has 0 spiro atoms. The van der Waals surface area contributed by atoms with E-state index in [9.17, 15) is 18.0 Å². The van der Waals surface area contributed by atoms with Gasteiger partial charge in [-0.1, -0.05) is 6.92 Å². The van der Waals surface area contributed by atoms with Crippen molar-refractivity contribution in [1.82, 2.24) is 24.5 Å². The Morgan fingerprint density at radius 3 is 2.60 bits per heavy atom. The second-order valence-electron chi connectivity index (χ2n) is 6.08. The number of carbonyl (C=O) groups excluding carboxylic acids is 1. The first-order chi connectivity index (χ1) is 11.6. The summed E-state index contributed by atoms with van der Waals surface area (Å²) in [6, 6.07) is 2.83. The molecule has 0 saturated carbocycles. The number of carbonyl (C=O) groups is 1. The number of halogens is 3. The van der Waals surface area contributed by atoms with Crippen molar-refractivity contribution in [1.29, 1.82) is 0 Å². The van der Waals surface area contributed by atoms with Gasteiger partial charge in [0, 0.05) is 25.5 Å². The highest BCUT2D eigenvalue weighted by Gasteiger charge is 2.34. The summed E-state index contributed by atoms with van der Waals surface area (Å²) in [6.45, 7) is 6.38. The highest BCUT2D eigenvalue weighted by atomic mass is 19.4. The molecule has 9 heteroatoms. The van der Waals surface area contributed by atoms with Gasteiger partial charge >= 0.3 is 6.18 Å². The van der Waals surface area contributed by atoms with Gasteiger partial charge in [-0.3, -0.25) is 14.2 Å². The lowest BCUT2D eigenvalue weighted by atomic mass is 10.1. The zero-order chi connectivity index (χ0) is 18.8. The second kappa shape index (κ2) is 7.28. The monoisotopic (exact) mass is 357 g/mol. The van der Waals surface area contributed by atoms with Crippen molar-refractivity contribution < 1.29 is 18.0 Å². The predicted octanol–water partition coefficient (Wildman–Crippen LogP) is 2.72. The summed E-state index contributed by atoms with van der Waals surface area (Å²) in [4.78, 5) is 14.1. The Bertz CT molecular complexity index is 734. The molecule has 1 amide bonds. The summed E-state index contributed by atoms with van der Waals surface area (Å²) in [5.74, 6) is -0.657. The fraction of sp³-hybridized carbons (Fsp3) is 0.562. The van der Waals surface area contributed by atoms with Gasteiger partial charge in [0.25, 0.3) is 0 Å². The van der Waals surface area contributed by atoms with Crippen LogP contribution in [0.4, 0.5) is 13.2 Å². The Balaban J connectivity index is 2.04. The van der Waals surface area contributed by atoms with Gasteiger partial charge in [0.1, 0.15) is 0 Å². The molecule has 2 aromatic rings. The lowest BCUT2D eigenvalue weighted by Crippen LogP contribution is -2.34. The number of amides is 1. The van der Waals surface area contributed by atoms with Gasteiger partial charge in [-0.25, -0.2) is 0 Å². The van der Waals surface area contributed by atoms with Gasteiger partial charge in [0.15, 0.2) is 5.69 Å². The van der Waals surface area contributed by atoms with Crippen LogP contribution in [0.3, 0.4) is 0 Å². The Morgan fingerprint density at radius 1 is 1.36 bits per heavy atom. The van der Waals surface area contributed by atoms with Crippen molar-refractivity contribution in [3.63, 3.8) is 0 Å². The molecule has 138 valence electrons. The first kappa shape index (κ1) is 19.0. The molecule has 0 radical (unpaired) electrons. The second-order valence-corrected chi connectivity index (χ2v) is 6.08. The quantitative estimate of drug-likeness (QED) is 0.799. The zero-order valence-corrected chi connectivity index (χ0v) is 14.7. The number of hydrogen-bond acceptors (Lipinski definition) is 3. The SMILES string of the molecule is CCn1nccc1CN(C)C(=O)[C@H](C)Cn1nc(C(F)(F)F)cc1C. The fourth-order valence-corrected chi connectivity index (χ4v) is 2.65. The van der Waals surface area contributed by atoms with Crippen molar-refractivity contribution in [2.75, 3.05) is 7.05 Å². The molecular formula is C16H22F3N5O. The van der Waals surface area contributed by atoms with Crippen molar-refractivity contribution in [3.05, 3.63) is 35.4 Å². The van der Waals surface area contributed by atoms with Crippen LogP contribution in [-0.2, 0) is 30.6 Å². The van der Waals surface area contributed by atoms with E-state index in [0.717, 1.165) is 11.8 Å². The molecule has 0 aliphatic heterocycles. The average Bonchev–Trinajstić information content (AvgIpc) is 3.12. The largest absolute Gasteiger partial charge is 0.435 e. The Labute approximate surface area is 144 Å². The molecule has 0 fully saturated rings. The summed E-state index contributed by atoms with van der Waals surface area (Å²) in [6.07, 6.45) is -2.81. The highest BCUT2D eigenvalue weighted by molar-refractivity contribution is 5.78. The zero-order valence-electron chi connectivity index (χ0n) is 14.7. The first-order valence-corrected chi connectivity index (χ1v) is 8.00. The first-order valence-electron chi connectivity index (χ1n) is 8.00. The Hall–Kier alpha value is -2.32. The number of aromatic nitrogens is 4. The van der Waals surface area contributed by atoms with E-state index in [1.807, 2.05) is 13.0 Å². The summed E-state index contributed by atoms with van der Waals surface area (Å²) < 4.78 is 41.2. The van der Waals surface area contributed by atoms with E-state index in [4.69, 9.17) is 0 Å². The summed E-state index contributed by atoms with van der Waals surface area (Å²) in [7, 11) is 1.67. The average molecular weight is 357 g/mol. The van der Waals surface area contributed by atoms with Crippen LogP contribution in [-0.4, -0.2) is 37.4 Å². The van der Waals surface area contributed by atoms with E-state index < -0.39 is 17.8 Å². The molecule has 0 bridgehead atoms. The van der Waals surface area contributed by atoms with Crippen molar-refractivity contribution in [2.45, 2.75) is 46.6 Å². The van der Waals surface area contributed by atoms with Crippen molar-refractivity contribution in [2.24, 2.45) is 5.92 Å². The predicted molar refractivity (Wildman–Crippen MR) is 85.5 cm³/mol. The minimum absolute atomic E-state index is 0.0954. The molecular weight excluding hydrogens is 335 g/mol.